The van der Waals surface area contributed by atoms with Crippen molar-refractivity contribution in [3.05, 3.63) is 16.0 Å². The van der Waals surface area contributed by atoms with Crippen LogP contribution in [0.25, 0.3) is 10.9 Å². The molecule has 0 unspecified atom stereocenters. The van der Waals surface area contributed by atoms with Crippen LogP contribution in [0.2, 0.25) is 0 Å². The van der Waals surface area contributed by atoms with E-state index >= 15 is 0 Å². The van der Waals surface area contributed by atoms with Gasteiger partial charge in [0.2, 0.25) is 0 Å². The SMILES string of the molecule is Ic1[nH]nc2ccnc(NC3CCOCC3)c12. The van der Waals surface area contributed by atoms with Gasteiger partial charge in [0.05, 0.1) is 10.9 Å². The minimum atomic E-state index is 0.451. The summed E-state index contributed by atoms with van der Waals surface area (Å²) in [5.74, 6) is 0.924. The van der Waals surface area contributed by atoms with Crippen LogP contribution in [0.15, 0.2) is 12.3 Å². The number of pyridine rings is 1. The molecule has 1 fully saturated rings. The molecule has 2 N–H and O–H groups in total. The van der Waals surface area contributed by atoms with Crippen molar-refractivity contribution in [2.45, 2.75) is 18.9 Å². The van der Waals surface area contributed by atoms with Gasteiger partial charge >= 0.3 is 0 Å². The number of nitrogens with one attached hydrogen (secondary N) is 2. The number of ether oxygens (including phenoxy) is 1. The first-order valence-corrected chi connectivity index (χ1v) is 6.75. The van der Waals surface area contributed by atoms with Crippen LogP contribution in [0.4, 0.5) is 5.82 Å². The number of rotatable bonds is 2. The summed E-state index contributed by atoms with van der Waals surface area (Å²) in [7, 11) is 0. The van der Waals surface area contributed by atoms with Crippen molar-refractivity contribution < 1.29 is 4.74 Å². The van der Waals surface area contributed by atoms with E-state index in [9.17, 15) is 0 Å². The lowest BCUT2D eigenvalue weighted by Gasteiger charge is -2.23. The van der Waals surface area contributed by atoms with Gasteiger partial charge in [-0.25, -0.2) is 4.98 Å². The van der Waals surface area contributed by atoms with Crippen LogP contribution < -0.4 is 5.32 Å². The van der Waals surface area contributed by atoms with E-state index in [1.165, 1.54) is 0 Å². The first kappa shape index (κ1) is 11.2. The summed E-state index contributed by atoms with van der Waals surface area (Å²) in [6, 6.07) is 2.37. The Morgan fingerprint density at radius 2 is 2.24 bits per heavy atom. The average Bonchev–Trinajstić information content (AvgIpc) is 2.74. The minimum absolute atomic E-state index is 0.451. The molecule has 1 aliphatic rings. The van der Waals surface area contributed by atoms with Gasteiger partial charge in [-0.15, -0.1) is 0 Å². The molecular formula is C11H13IN4O. The van der Waals surface area contributed by atoms with Crippen LogP contribution in [0.3, 0.4) is 0 Å². The van der Waals surface area contributed by atoms with Crippen molar-refractivity contribution >= 4 is 39.3 Å². The lowest BCUT2D eigenvalue weighted by molar-refractivity contribution is 0.0904. The van der Waals surface area contributed by atoms with Crippen molar-refractivity contribution in [2.75, 3.05) is 18.5 Å². The predicted octanol–water partition coefficient (Wildman–Crippen LogP) is 2.15. The molecule has 3 heterocycles. The van der Waals surface area contributed by atoms with Gasteiger partial charge in [0.15, 0.2) is 0 Å². The molecule has 0 saturated carbocycles. The van der Waals surface area contributed by atoms with Gasteiger partial charge in [-0.3, -0.25) is 5.10 Å². The molecule has 1 saturated heterocycles. The van der Waals surface area contributed by atoms with Gasteiger partial charge in [0.1, 0.15) is 9.52 Å². The summed E-state index contributed by atoms with van der Waals surface area (Å²) in [6.07, 6.45) is 3.86. The van der Waals surface area contributed by atoms with Crippen LogP contribution in [0.5, 0.6) is 0 Å². The Kier molecular flexibility index (Phi) is 3.15. The largest absolute Gasteiger partial charge is 0.381 e. The van der Waals surface area contributed by atoms with E-state index in [-0.39, 0.29) is 0 Å². The highest BCUT2D eigenvalue weighted by atomic mass is 127. The number of nitrogens with zero attached hydrogens (tertiary/aromatic N) is 2. The van der Waals surface area contributed by atoms with Gasteiger partial charge in [0, 0.05) is 25.5 Å². The van der Waals surface area contributed by atoms with Gasteiger partial charge in [-0.2, -0.15) is 5.10 Å². The summed E-state index contributed by atoms with van der Waals surface area (Å²) in [4.78, 5) is 4.42. The van der Waals surface area contributed by atoms with Gasteiger partial charge in [0.25, 0.3) is 0 Å². The van der Waals surface area contributed by atoms with Crippen molar-refractivity contribution in [1.29, 1.82) is 0 Å². The summed E-state index contributed by atoms with van der Waals surface area (Å²) >= 11 is 2.25. The lowest BCUT2D eigenvalue weighted by Crippen LogP contribution is -2.28. The monoisotopic (exact) mass is 344 g/mol. The van der Waals surface area contributed by atoms with Crippen LogP contribution in [-0.4, -0.2) is 34.4 Å². The molecule has 5 nitrogen and oxygen atoms in total. The van der Waals surface area contributed by atoms with E-state index in [4.69, 9.17) is 4.74 Å². The molecule has 17 heavy (non-hydrogen) atoms. The Bertz CT molecular complexity index is 521. The number of aromatic amines is 1. The average molecular weight is 344 g/mol. The summed E-state index contributed by atoms with van der Waals surface area (Å²) in [5, 5.41) is 11.8. The van der Waals surface area contributed by atoms with Crippen LogP contribution in [-0.2, 0) is 4.74 Å². The highest BCUT2D eigenvalue weighted by molar-refractivity contribution is 14.1. The normalized spacial score (nSPS) is 17.5. The van der Waals surface area contributed by atoms with E-state index in [0.29, 0.717) is 6.04 Å². The summed E-state index contributed by atoms with van der Waals surface area (Å²) in [6.45, 7) is 1.66. The van der Waals surface area contributed by atoms with Crippen molar-refractivity contribution in [2.24, 2.45) is 0 Å². The maximum absolute atomic E-state index is 5.35. The number of H-pyrrole nitrogens is 1. The lowest BCUT2D eigenvalue weighted by atomic mass is 10.1. The second-order valence-electron chi connectivity index (χ2n) is 4.12. The molecule has 2 aromatic rings. The Morgan fingerprint density at radius 1 is 1.41 bits per heavy atom. The van der Waals surface area contributed by atoms with Gasteiger partial charge < -0.3 is 10.1 Å². The number of fused-ring (bicyclic) bond motifs is 1. The molecule has 0 aromatic carbocycles. The fraction of sp³-hybridized carbons (Fsp3) is 0.455. The fourth-order valence-electron chi connectivity index (χ4n) is 2.07. The Balaban J connectivity index is 1.91. The topological polar surface area (TPSA) is 62.8 Å². The number of hydrogen-bond acceptors (Lipinski definition) is 4. The molecule has 0 aliphatic carbocycles. The van der Waals surface area contributed by atoms with E-state index in [0.717, 1.165) is 46.5 Å². The van der Waals surface area contributed by atoms with Crippen LogP contribution >= 0.6 is 22.6 Å². The fourth-order valence-corrected chi connectivity index (χ4v) is 2.72. The predicted molar refractivity (Wildman–Crippen MR) is 74.1 cm³/mol. The van der Waals surface area contributed by atoms with E-state index in [1.807, 2.05) is 6.07 Å². The zero-order valence-electron chi connectivity index (χ0n) is 9.24. The van der Waals surface area contributed by atoms with E-state index in [1.54, 1.807) is 6.20 Å². The molecule has 6 heteroatoms. The number of halogens is 1. The Labute approximate surface area is 112 Å². The number of aromatic nitrogens is 3. The highest BCUT2D eigenvalue weighted by Crippen LogP contribution is 2.25. The smallest absolute Gasteiger partial charge is 0.138 e. The molecule has 0 atom stereocenters. The number of anilines is 1. The zero-order chi connectivity index (χ0) is 11.7. The van der Waals surface area contributed by atoms with Crippen LogP contribution in [0, 0.1) is 3.70 Å². The quantitative estimate of drug-likeness (QED) is 0.820. The highest BCUT2D eigenvalue weighted by Gasteiger charge is 2.16. The summed E-state index contributed by atoms with van der Waals surface area (Å²) < 4.78 is 6.38. The standard InChI is InChI=1S/C11H13IN4O/c12-10-9-8(15-16-10)1-4-13-11(9)14-7-2-5-17-6-3-7/h1,4,7H,2-3,5-6H2,(H,13,14)(H,15,16). The first-order chi connectivity index (χ1) is 8.34. The van der Waals surface area contributed by atoms with Crippen molar-refractivity contribution in [1.82, 2.24) is 15.2 Å². The van der Waals surface area contributed by atoms with Gasteiger partial charge in [-0.1, -0.05) is 0 Å². The van der Waals surface area contributed by atoms with Crippen molar-refractivity contribution in [3.63, 3.8) is 0 Å². The molecule has 2 aromatic heterocycles. The third-order valence-corrected chi connectivity index (χ3v) is 3.77. The van der Waals surface area contributed by atoms with E-state index < -0.39 is 0 Å². The third kappa shape index (κ3) is 2.23. The second kappa shape index (κ2) is 4.77. The van der Waals surface area contributed by atoms with Crippen molar-refractivity contribution in [3.8, 4) is 0 Å². The minimum Gasteiger partial charge on any atom is -0.381 e. The molecule has 0 spiro atoms. The van der Waals surface area contributed by atoms with Crippen LogP contribution in [0.1, 0.15) is 12.8 Å². The van der Waals surface area contributed by atoms with Gasteiger partial charge in [-0.05, 0) is 41.5 Å². The Morgan fingerprint density at radius 3 is 3.06 bits per heavy atom. The zero-order valence-corrected chi connectivity index (χ0v) is 11.4. The second-order valence-corrected chi connectivity index (χ2v) is 5.20. The molecule has 1 aliphatic heterocycles. The Hall–Kier alpha value is -0.890. The maximum Gasteiger partial charge on any atom is 0.138 e. The maximum atomic E-state index is 5.35. The molecule has 90 valence electrons. The molecule has 0 amide bonds. The molecule has 3 rings (SSSR count). The molecular weight excluding hydrogens is 331 g/mol. The molecule has 0 radical (unpaired) electrons. The summed E-state index contributed by atoms with van der Waals surface area (Å²) in [5.41, 5.74) is 0.957. The number of hydrogen-bond donors (Lipinski definition) is 2. The van der Waals surface area contributed by atoms with E-state index in [2.05, 4.69) is 43.1 Å². The third-order valence-electron chi connectivity index (χ3n) is 2.99. The first-order valence-electron chi connectivity index (χ1n) is 5.67. The molecule has 0 bridgehead atoms.